The molecule has 0 atom stereocenters. The lowest BCUT2D eigenvalue weighted by molar-refractivity contribution is -0.117. The average molecular weight is 365 g/mol. The standard InChI is InChI=1S/C22H27N3O2/c1-13-10-14(2)21(15(3)11-13)25-20(26)12-23-18-6-5-7-19(16(18)4)24-22(27)17-8-9-17/h5-7,10-11,17,23H,8-9,12H2,1-4H3,(H,24,27)(H,25,26). The van der Waals surface area contributed by atoms with Crippen molar-refractivity contribution < 1.29 is 9.59 Å². The first-order chi connectivity index (χ1) is 12.8. The van der Waals surface area contributed by atoms with Crippen molar-refractivity contribution in [3.63, 3.8) is 0 Å². The van der Waals surface area contributed by atoms with Gasteiger partial charge in [0.2, 0.25) is 11.8 Å². The van der Waals surface area contributed by atoms with E-state index in [1.807, 2.05) is 45.9 Å². The van der Waals surface area contributed by atoms with Crippen LogP contribution in [0.4, 0.5) is 17.1 Å². The Kier molecular flexibility index (Phi) is 5.49. The molecule has 1 aliphatic rings. The highest BCUT2D eigenvalue weighted by Gasteiger charge is 2.29. The van der Waals surface area contributed by atoms with E-state index in [2.05, 4.69) is 28.1 Å². The zero-order valence-electron chi connectivity index (χ0n) is 16.4. The first-order valence-corrected chi connectivity index (χ1v) is 9.37. The molecule has 3 N–H and O–H groups in total. The number of carbonyl (C=O) groups excluding carboxylic acids is 2. The molecule has 0 bridgehead atoms. The molecule has 5 heteroatoms. The van der Waals surface area contributed by atoms with E-state index in [4.69, 9.17) is 0 Å². The second-order valence-electron chi connectivity index (χ2n) is 7.42. The third-order valence-electron chi connectivity index (χ3n) is 4.92. The molecule has 0 aliphatic heterocycles. The van der Waals surface area contributed by atoms with Crippen LogP contribution in [0, 0.1) is 33.6 Å². The van der Waals surface area contributed by atoms with Gasteiger partial charge in [0.1, 0.15) is 0 Å². The first kappa shape index (κ1) is 19.0. The Morgan fingerprint density at radius 1 is 0.963 bits per heavy atom. The minimum atomic E-state index is -0.100. The van der Waals surface area contributed by atoms with Gasteiger partial charge in [-0.25, -0.2) is 0 Å². The summed E-state index contributed by atoms with van der Waals surface area (Å²) < 4.78 is 0. The third-order valence-corrected chi connectivity index (χ3v) is 4.92. The van der Waals surface area contributed by atoms with Gasteiger partial charge in [0.25, 0.3) is 0 Å². The molecule has 142 valence electrons. The highest BCUT2D eigenvalue weighted by atomic mass is 16.2. The van der Waals surface area contributed by atoms with Crippen LogP contribution in [0.5, 0.6) is 0 Å². The van der Waals surface area contributed by atoms with Gasteiger partial charge >= 0.3 is 0 Å². The zero-order chi connectivity index (χ0) is 19.6. The molecule has 0 spiro atoms. The number of aryl methyl sites for hydroxylation is 3. The van der Waals surface area contributed by atoms with Crippen molar-refractivity contribution in [1.29, 1.82) is 0 Å². The van der Waals surface area contributed by atoms with E-state index in [9.17, 15) is 9.59 Å². The summed E-state index contributed by atoms with van der Waals surface area (Å²) in [5.74, 6) is 0.142. The van der Waals surface area contributed by atoms with Gasteiger partial charge in [0.05, 0.1) is 6.54 Å². The van der Waals surface area contributed by atoms with Crippen LogP contribution in [0.1, 0.15) is 35.1 Å². The summed E-state index contributed by atoms with van der Waals surface area (Å²) in [7, 11) is 0. The Hall–Kier alpha value is -2.82. The largest absolute Gasteiger partial charge is 0.376 e. The molecule has 1 saturated carbocycles. The van der Waals surface area contributed by atoms with Gasteiger partial charge in [0.15, 0.2) is 0 Å². The molecular weight excluding hydrogens is 338 g/mol. The molecule has 1 fully saturated rings. The maximum absolute atomic E-state index is 12.4. The summed E-state index contributed by atoms with van der Waals surface area (Å²) >= 11 is 0. The number of rotatable bonds is 6. The topological polar surface area (TPSA) is 70.2 Å². The number of anilines is 3. The third kappa shape index (κ3) is 4.67. The van der Waals surface area contributed by atoms with Gasteiger partial charge in [0, 0.05) is 23.0 Å². The lowest BCUT2D eigenvalue weighted by atomic mass is 10.1. The Morgan fingerprint density at radius 2 is 1.59 bits per heavy atom. The maximum Gasteiger partial charge on any atom is 0.243 e. The Balaban J connectivity index is 1.63. The average Bonchev–Trinajstić information content (AvgIpc) is 3.44. The van der Waals surface area contributed by atoms with Crippen LogP contribution < -0.4 is 16.0 Å². The summed E-state index contributed by atoms with van der Waals surface area (Å²) in [6, 6.07) is 9.81. The second-order valence-corrected chi connectivity index (χ2v) is 7.42. The van der Waals surface area contributed by atoms with Gasteiger partial charge in [-0.15, -0.1) is 0 Å². The van der Waals surface area contributed by atoms with Gasteiger partial charge in [-0.1, -0.05) is 23.8 Å². The monoisotopic (exact) mass is 365 g/mol. The van der Waals surface area contributed by atoms with Crippen molar-refractivity contribution in [2.24, 2.45) is 5.92 Å². The normalized spacial score (nSPS) is 13.2. The van der Waals surface area contributed by atoms with Crippen molar-refractivity contribution in [2.45, 2.75) is 40.5 Å². The van der Waals surface area contributed by atoms with Gasteiger partial charge in [-0.2, -0.15) is 0 Å². The Bertz CT molecular complexity index is 862. The summed E-state index contributed by atoms with van der Waals surface area (Å²) in [6.07, 6.45) is 1.95. The summed E-state index contributed by atoms with van der Waals surface area (Å²) in [6.45, 7) is 8.15. The van der Waals surface area contributed by atoms with Crippen LogP contribution in [0.2, 0.25) is 0 Å². The lowest BCUT2D eigenvalue weighted by Gasteiger charge is -2.16. The predicted octanol–water partition coefficient (Wildman–Crippen LogP) is 4.32. The molecule has 2 amide bonds. The number of carbonyl (C=O) groups is 2. The quantitative estimate of drug-likeness (QED) is 0.714. The van der Waals surface area contributed by atoms with Gasteiger partial charge in [-0.05, 0) is 69.4 Å². The molecule has 0 heterocycles. The van der Waals surface area contributed by atoms with Crippen molar-refractivity contribution in [3.05, 3.63) is 52.6 Å². The Labute approximate surface area is 160 Å². The van der Waals surface area contributed by atoms with Crippen molar-refractivity contribution >= 4 is 28.9 Å². The van der Waals surface area contributed by atoms with Gasteiger partial charge in [-0.3, -0.25) is 9.59 Å². The molecule has 3 rings (SSSR count). The molecule has 1 aliphatic carbocycles. The minimum Gasteiger partial charge on any atom is -0.376 e. The SMILES string of the molecule is Cc1cc(C)c(NC(=O)CNc2cccc(NC(=O)C3CC3)c2C)c(C)c1. The van der Waals surface area contributed by atoms with Crippen LogP contribution in [0.3, 0.4) is 0 Å². The molecular formula is C22H27N3O2. The first-order valence-electron chi connectivity index (χ1n) is 9.37. The zero-order valence-corrected chi connectivity index (χ0v) is 16.4. The number of nitrogens with one attached hydrogen (secondary N) is 3. The summed E-state index contributed by atoms with van der Waals surface area (Å²) in [4.78, 5) is 24.4. The summed E-state index contributed by atoms with van der Waals surface area (Å²) in [5, 5.41) is 9.15. The van der Waals surface area contributed by atoms with E-state index in [-0.39, 0.29) is 24.3 Å². The number of hydrogen-bond donors (Lipinski definition) is 3. The maximum atomic E-state index is 12.4. The Morgan fingerprint density at radius 3 is 2.22 bits per heavy atom. The van der Waals surface area contributed by atoms with Crippen LogP contribution >= 0.6 is 0 Å². The minimum absolute atomic E-state index is 0.0818. The van der Waals surface area contributed by atoms with Crippen molar-refractivity contribution in [1.82, 2.24) is 0 Å². The fourth-order valence-electron chi connectivity index (χ4n) is 3.28. The molecule has 0 unspecified atom stereocenters. The van der Waals surface area contributed by atoms with Crippen molar-refractivity contribution in [2.75, 3.05) is 22.5 Å². The van der Waals surface area contributed by atoms with E-state index in [0.717, 1.165) is 46.6 Å². The molecule has 0 radical (unpaired) electrons. The smallest absolute Gasteiger partial charge is 0.243 e. The predicted molar refractivity (Wildman–Crippen MR) is 110 cm³/mol. The second kappa shape index (κ2) is 7.82. The molecule has 27 heavy (non-hydrogen) atoms. The van der Waals surface area contributed by atoms with Crippen LogP contribution in [-0.2, 0) is 9.59 Å². The molecule has 2 aromatic rings. The fraction of sp³-hybridized carbons (Fsp3) is 0.364. The molecule has 0 aromatic heterocycles. The van der Waals surface area contributed by atoms with Crippen LogP contribution in [-0.4, -0.2) is 18.4 Å². The number of benzene rings is 2. The summed E-state index contributed by atoms with van der Waals surface area (Å²) in [5.41, 5.74) is 6.74. The van der Waals surface area contributed by atoms with E-state index in [1.54, 1.807) is 0 Å². The lowest BCUT2D eigenvalue weighted by Crippen LogP contribution is -2.23. The molecule has 2 aromatic carbocycles. The van der Waals surface area contributed by atoms with E-state index in [1.165, 1.54) is 5.56 Å². The number of amides is 2. The van der Waals surface area contributed by atoms with E-state index < -0.39 is 0 Å². The van der Waals surface area contributed by atoms with E-state index in [0.29, 0.717) is 0 Å². The van der Waals surface area contributed by atoms with Gasteiger partial charge < -0.3 is 16.0 Å². The molecule has 5 nitrogen and oxygen atoms in total. The van der Waals surface area contributed by atoms with E-state index >= 15 is 0 Å². The highest BCUT2D eigenvalue weighted by molar-refractivity contribution is 5.97. The van der Waals surface area contributed by atoms with Crippen molar-refractivity contribution in [3.8, 4) is 0 Å². The number of hydrogen-bond acceptors (Lipinski definition) is 3. The molecule has 0 saturated heterocycles. The van der Waals surface area contributed by atoms with Crippen LogP contribution in [0.15, 0.2) is 30.3 Å². The highest BCUT2D eigenvalue weighted by Crippen LogP contribution is 2.31. The fourth-order valence-corrected chi connectivity index (χ4v) is 3.28. The van der Waals surface area contributed by atoms with Crippen LogP contribution in [0.25, 0.3) is 0 Å².